The fourth-order valence-corrected chi connectivity index (χ4v) is 12.4. The normalized spacial score (nSPS) is 19.1. The molecule has 1 aromatic carbocycles. The lowest BCUT2D eigenvalue weighted by atomic mass is 10.2. The molecule has 0 radical (unpaired) electrons. The van der Waals surface area contributed by atoms with E-state index in [0.717, 1.165) is 11.5 Å². The Balaban J connectivity index is 1.53. The van der Waals surface area contributed by atoms with Crippen LogP contribution in [0.1, 0.15) is 18.1 Å². The van der Waals surface area contributed by atoms with E-state index in [2.05, 4.69) is 56.4 Å². The molecular formula is C19H20S8. The van der Waals surface area contributed by atoms with Gasteiger partial charge in [0.2, 0.25) is 0 Å². The lowest BCUT2D eigenvalue weighted by Gasteiger charge is -2.06. The fraction of sp³-hybridized carbons (Fsp3) is 0.263. The van der Waals surface area contributed by atoms with Crippen molar-refractivity contribution in [1.82, 2.24) is 0 Å². The molecule has 0 spiro atoms. The number of thioether (sulfide) groups is 8. The predicted molar refractivity (Wildman–Crippen MR) is 143 cm³/mol. The second kappa shape index (κ2) is 11.4. The van der Waals surface area contributed by atoms with Gasteiger partial charge in [-0.25, -0.2) is 0 Å². The van der Waals surface area contributed by atoms with Crippen LogP contribution < -0.4 is 0 Å². The van der Waals surface area contributed by atoms with Gasteiger partial charge in [0.1, 0.15) is 0 Å². The summed E-state index contributed by atoms with van der Waals surface area (Å²) in [5, 5.41) is 0. The number of allylic oxidation sites excluding steroid dienone is 1. The summed E-state index contributed by atoms with van der Waals surface area (Å²) in [5.74, 6) is 2.05. The molecule has 0 nitrogen and oxygen atoms in total. The van der Waals surface area contributed by atoms with Crippen LogP contribution in [0.15, 0.2) is 62.3 Å². The van der Waals surface area contributed by atoms with Crippen LogP contribution in [0.3, 0.4) is 0 Å². The molecule has 0 bridgehead atoms. The number of hydrogen-bond acceptors (Lipinski definition) is 8. The third-order valence-corrected chi connectivity index (χ3v) is 14.2. The topological polar surface area (TPSA) is 0 Å². The molecule has 2 aliphatic rings. The van der Waals surface area contributed by atoms with Gasteiger partial charge in [0, 0.05) is 20.0 Å². The van der Waals surface area contributed by atoms with Crippen molar-refractivity contribution >= 4 is 94.1 Å². The van der Waals surface area contributed by atoms with Crippen LogP contribution in [0.5, 0.6) is 0 Å². The SMILES string of the molecule is C=C1SC(SC)=C(SCc2ccc(CSC3=C(SC)S/C(=C/C)S3)cc2)S1. The first kappa shape index (κ1) is 22.7. The lowest BCUT2D eigenvalue weighted by molar-refractivity contribution is 1.35. The van der Waals surface area contributed by atoms with Gasteiger partial charge in [-0.15, -0.1) is 47.0 Å². The Hall–Kier alpha value is 0.980. The second-order valence-electron chi connectivity index (χ2n) is 5.34. The highest BCUT2D eigenvalue weighted by Gasteiger charge is 2.21. The minimum atomic E-state index is 1.02. The maximum Gasteiger partial charge on any atom is 0.0662 e. The van der Waals surface area contributed by atoms with Crippen molar-refractivity contribution in [2.75, 3.05) is 12.5 Å². The van der Waals surface area contributed by atoms with Gasteiger partial charge in [-0.2, -0.15) is 0 Å². The zero-order valence-corrected chi connectivity index (χ0v) is 21.8. The van der Waals surface area contributed by atoms with Crippen LogP contribution in [0.4, 0.5) is 0 Å². The molecule has 0 saturated carbocycles. The zero-order chi connectivity index (χ0) is 19.2. The summed E-state index contributed by atoms with van der Waals surface area (Å²) in [4.78, 5) is 0. The Morgan fingerprint density at radius 3 is 1.74 bits per heavy atom. The molecule has 0 N–H and O–H groups in total. The van der Waals surface area contributed by atoms with Gasteiger partial charge in [0.15, 0.2) is 0 Å². The zero-order valence-electron chi connectivity index (χ0n) is 15.3. The molecular weight excluding hydrogens is 485 g/mol. The highest BCUT2D eigenvalue weighted by molar-refractivity contribution is 8.41. The minimum Gasteiger partial charge on any atom is -0.121 e. The molecule has 144 valence electrons. The van der Waals surface area contributed by atoms with Crippen LogP contribution >= 0.6 is 94.1 Å². The predicted octanol–water partition coefficient (Wildman–Crippen LogP) is 9.42. The van der Waals surface area contributed by atoms with Gasteiger partial charge in [-0.3, -0.25) is 0 Å². The van der Waals surface area contributed by atoms with Gasteiger partial charge in [0.05, 0.1) is 16.9 Å². The van der Waals surface area contributed by atoms with Crippen molar-refractivity contribution in [2.45, 2.75) is 18.4 Å². The molecule has 0 saturated heterocycles. The van der Waals surface area contributed by atoms with Gasteiger partial charge >= 0.3 is 0 Å². The summed E-state index contributed by atoms with van der Waals surface area (Å²) in [5.41, 5.74) is 2.78. The molecule has 27 heavy (non-hydrogen) atoms. The standard InChI is InChI=1S/C19H20S8/c1-5-15-26-17(21-4)19(27-15)23-11-14-8-6-13(7-9-14)10-22-18-16(20-3)24-12(2)25-18/h5-9H,2,10-11H2,1,3-4H3/b15-5-. The largest absolute Gasteiger partial charge is 0.121 e. The third kappa shape index (κ3) is 6.48. The Bertz CT molecular complexity index is 788. The molecule has 0 unspecified atom stereocenters. The first-order chi connectivity index (χ1) is 13.1. The monoisotopic (exact) mass is 504 g/mol. The number of hydrogen-bond donors (Lipinski definition) is 0. The van der Waals surface area contributed by atoms with E-state index in [1.54, 1.807) is 0 Å². The van der Waals surface area contributed by atoms with Crippen molar-refractivity contribution in [3.05, 3.63) is 73.5 Å². The molecule has 3 rings (SSSR count). The average molecular weight is 505 g/mol. The molecule has 2 aliphatic heterocycles. The Morgan fingerprint density at radius 2 is 1.22 bits per heavy atom. The molecule has 0 atom stereocenters. The van der Waals surface area contributed by atoms with Crippen molar-refractivity contribution in [1.29, 1.82) is 0 Å². The Morgan fingerprint density at radius 1 is 0.778 bits per heavy atom. The molecule has 0 aromatic heterocycles. The first-order valence-electron chi connectivity index (χ1n) is 8.09. The van der Waals surface area contributed by atoms with Crippen LogP contribution in [-0.4, -0.2) is 12.5 Å². The summed E-state index contributed by atoms with van der Waals surface area (Å²) >= 11 is 15.0. The highest BCUT2D eigenvalue weighted by atomic mass is 32.3. The van der Waals surface area contributed by atoms with Gasteiger partial charge < -0.3 is 0 Å². The second-order valence-corrected chi connectivity index (χ2v) is 14.8. The highest BCUT2D eigenvalue weighted by Crippen LogP contribution is 2.57. The summed E-state index contributed by atoms with van der Waals surface area (Å²) in [6.45, 7) is 6.21. The molecule has 1 aromatic rings. The quantitative estimate of drug-likeness (QED) is 0.339. The summed E-state index contributed by atoms with van der Waals surface area (Å²) < 4.78 is 8.29. The summed E-state index contributed by atoms with van der Waals surface area (Å²) in [6.07, 6.45) is 6.52. The van der Waals surface area contributed by atoms with Crippen LogP contribution in [0, 0.1) is 0 Å². The fourth-order valence-electron chi connectivity index (χ4n) is 2.17. The van der Waals surface area contributed by atoms with E-state index in [1.807, 2.05) is 94.1 Å². The van der Waals surface area contributed by atoms with Gasteiger partial charge in [-0.1, -0.05) is 84.0 Å². The van der Waals surface area contributed by atoms with E-state index in [4.69, 9.17) is 0 Å². The average Bonchev–Trinajstić information content (AvgIpc) is 3.27. The van der Waals surface area contributed by atoms with E-state index in [0.29, 0.717) is 0 Å². The van der Waals surface area contributed by atoms with Gasteiger partial charge in [-0.05, 0) is 30.6 Å². The summed E-state index contributed by atoms with van der Waals surface area (Å²) in [6, 6.07) is 9.12. The molecule has 0 aliphatic carbocycles. The van der Waals surface area contributed by atoms with E-state index in [9.17, 15) is 0 Å². The van der Waals surface area contributed by atoms with E-state index < -0.39 is 0 Å². The maximum absolute atomic E-state index is 4.09. The van der Waals surface area contributed by atoms with Crippen molar-refractivity contribution in [3.8, 4) is 0 Å². The number of rotatable bonds is 8. The third-order valence-electron chi connectivity index (χ3n) is 3.50. The summed E-state index contributed by atoms with van der Waals surface area (Å²) in [7, 11) is 0. The van der Waals surface area contributed by atoms with E-state index >= 15 is 0 Å². The van der Waals surface area contributed by atoms with Crippen LogP contribution in [0.2, 0.25) is 0 Å². The van der Waals surface area contributed by atoms with Crippen molar-refractivity contribution in [3.63, 3.8) is 0 Å². The Kier molecular flexibility index (Phi) is 9.56. The van der Waals surface area contributed by atoms with Crippen LogP contribution in [-0.2, 0) is 11.5 Å². The molecule has 0 fully saturated rings. The van der Waals surface area contributed by atoms with E-state index in [1.165, 1.54) is 36.5 Å². The lowest BCUT2D eigenvalue weighted by Crippen LogP contribution is -1.84. The minimum absolute atomic E-state index is 1.02. The molecule has 0 amide bonds. The molecule has 8 heteroatoms. The van der Waals surface area contributed by atoms with Crippen molar-refractivity contribution < 1.29 is 0 Å². The van der Waals surface area contributed by atoms with Crippen molar-refractivity contribution in [2.24, 2.45) is 0 Å². The first-order valence-corrected chi connectivity index (χ1v) is 15.8. The Labute approximate surface area is 196 Å². The number of benzene rings is 1. The molecule has 2 heterocycles. The smallest absolute Gasteiger partial charge is 0.0662 e. The van der Waals surface area contributed by atoms with E-state index in [-0.39, 0.29) is 0 Å². The maximum atomic E-state index is 4.09. The van der Waals surface area contributed by atoms with Gasteiger partial charge in [0.25, 0.3) is 0 Å². The van der Waals surface area contributed by atoms with Crippen LogP contribution in [0.25, 0.3) is 0 Å².